The van der Waals surface area contributed by atoms with E-state index in [0.717, 1.165) is 5.56 Å². The summed E-state index contributed by atoms with van der Waals surface area (Å²) in [5, 5.41) is 10.8. The van der Waals surface area contributed by atoms with Crippen LogP contribution >= 0.6 is 0 Å². The lowest BCUT2D eigenvalue weighted by atomic mass is 10.1. The highest BCUT2D eigenvalue weighted by Crippen LogP contribution is 2.28. The molecule has 0 saturated carbocycles. The maximum absolute atomic E-state index is 10.8. The molecule has 104 valence electrons. The first-order valence-corrected chi connectivity index (χ1v) is 5.76. The molecule has 0 heterocycles. The first-order chi connectivity index (χ1) is 8.82. The quantitative estimate of drug-likeness (QED) is 0.583. The number of nitro benzene ring substituents is 1. The van der Waals surface area contributed by atoms with Gasteiger partial charge in [-0.1, -0.05) is 0 Å². The van der Waals surface area contributed by atoms with Gasteiger partial charge in [0.15, 0.2) is 0 Å². The van der Waals surface area contributed by atoms with Gasteiger partial charge in [-0.3, -0.25) is 14.9 Å². The number of ether oxygens (including phenoxy) is 1. The molecule has 1 rings (SSSR count). The number of amides is 1. The molecular weight excluding hydrogens is 250 g/mol. The van der Waals surface area contributed by atoms with Crippen LogP contribution in [0.2, 0.25) is 0 Å². The zero-order valence-electron chi connectivity index (χ0n) is 10.9. The Kier molecular flexibility index (Phi) is 4.82. The number of nitrogens with two attached hydrogens (primary N) is 2. The molecule has 0 aliphatic carbocycles. The fourth-order valence-electron chi connectivity index (χ4n) is 1.61. The third-order valence-corrected chi connectivity index (χ3v) is 2.74. The van der Waals surface area contributed by atoms with E-state index in [9.17, 15) is 14.9 Å². The second-order valence-electron chi connectivity index (χ2n) is 4.31. The summed E-state index contributed by atoms with van der Waals surface area (Å²) >= 11 is 0. The number of carbonyl (C=O) groups is 1. The molecular formula is C12H17N3O4. The van der Waals surface area contributed by atoms with Gasteiger partial charge in [0.2, 0.25) is 5.91 Å². The lowest BCUT2D eigenvalue weighted by Gasteiger charge is -2.12. The van der Waals surface area contributed by atoms with Crippen LogP contribution in [0.5, 0.6) is 5.75 Å². The molecule has 19 heavy (non-hydrogen) atoms. The number of benzene rings is 1. The maximum Gasteiger partial charge on any atom is 0.276 e. The molecule has 1 aromatic carbocycles. The Morgan fingerprint density at radius 3 is 2.58 bits per heavy atom. The fourth-order valence-corrected chi connectivity index (χ4v) is 1.61. The summed E-state index contributed by atoms with van der Waals surface area (Å²) in [6, 6.07) is 2.28. The van der Waals surface area contributed by atoms with Crippen LogP contribution in [-0.2, 0) is 4.79 Å². The number of hydrogen-bond acceptors (Lipinski definition) is 5. The predicted molar refractivity (Wildman–Crippen MR) is 69.9 cm³/mol. The van der Waals surface area contributed by atoms with Crippen molar-refractivity contribution in [3.05, 3.63) is 33.4 Å². The second-order valence-corrected chi connectivity index (χ2v) is 4.31. The molecule has 0 fully saturated rings. The van der Waals surface area contributed by atoms with Gasteiger partial charge in [0.1, 0.15) is 5.75 Å². The zero-order chi connectivity index (χ0) is 14.6. The van der Waals surface area contributed by atoms with Crippen LogP contribution in [0.4, 0.5) is 5.69 Å². The van der Waals surface area contributed by atoms with Crippen molar-refractivity contribution in [2.75, 3.05) is 6.61 Å². The van der Waals surface area contributed by atoms with Crippen molar-refractivity contribution in [3.8, 4) is 5.75 Å². The van der Waals surface area contributed by atoms with Crippen molar-refractivity contribution in [1.29, 1.82) is 0 Å². The Balaban J connectivity index is 2.76. The standard InChI is InChI=1S/C12H17N3O4/c1-7-5-8(2)11(6-10(7)15(17)18)19-4-3-9(13)12(14)16/h5-6,9H,3-4,13H2,1-2H3,(H2,14,16). The Labute approximate surface area is 110 Å². The highest BCUT2D eigenvalue weighted by Gasteiger charge is 2.15. The van der Waals surface area contributed by atoms with Crippen LogP contribution in [0.25, 0.3) is 0 Å². The van der Waals surface area contributed by atoms with Crippen molar-refractivity contribution in [3.63, 3.8) is 0 Å². The summed E-state index contributed by atoms with van der Waals surface area (Å²) in [7, 11) is 0. The third-order valence-electron chi connectivity index (χ3n) is 2.74. The van der Waals surface area contributed by atoms with Gasteiger partial charge in [-0.25, -0.2) is 0 Å². The van der Waals surface area contributed by atoms with E-state index in [-0.39, 0.29) is 18.7 Å². The van der Waals surface area contributed by atoms with Crippen molar-refractivity contribution >= 4 is 11.6 Å². The average molecular weight is 267 g/mol. The molecule has 4 N–H and O–H groups in total. The van der Waals surface area contributed by atoms with Crippen molar-refractivity contribution in [2.24, 2.45) is 11.5 Å². The normalized spacial score (nSPS) is 11.9. The van der Waals surface area contributed by atoms with Gasteiger partial charge in [0.05, 0.1) is 23.6 Å². The largest absolute Gasteiger partial charge is 0.493 e. The number of aryl methyl sites for hydroxylation is 2. The molecule has 0 spiro atoms. The first-order valence-electron chi connectivity index (χ1n) is 5.76. The second kappa shape index (κ2) is 6.14. The van der Waals surface area contributed by atoms with E-state index < -0.39 is 16.9 Å². The van der Waals surface area contributed by atoms with Gasteiger partial charge in [0, 0.05) is 12.0 Å². The van der Waals surface area contributed by atoms with Crippen LogP contribution in [-0.4, -0.2) is 23.5 Å². The number of rotatable bonds is 6. The highest BCUT2D eigenvalue weighted by molar-refractivity contribution is 5.79. The van der Waals surface area contributed by atoms with Crippen LogP contribution < -0.4 is 16.2 Å². The molecule has 0 aromatic heterocycles. The summed E-state index contributed by atoms with van der Waals surface area (Å²) in [6.45, 7) is 3.63. The Morgan fingerprint density at radius 2 is 2.05 bits per heavy atom. The Morgan fingerprint density at radius 1 is 1.42 bits per heavy atom. The fraction of sp³-hybridized carbons (Fsp3) is 0.417. The third kappa shape index (κ3) is 3.92. The molecule has 1 atom stereocenters. The molecule has 0 saturated heterocycles. The average Bonchev–Trinajstić information content (AvgIpc) is 2.30. The highest BCUT2D eigenvalue weighted by atomic mass is 16.6. The number of nitro groups is 1. The minimum Gasteiger partial charge on any atom is -0.493 e. The summed E-state index contributed by atoms with van der Waals surface area (Å²) in [6.07, 6.45) is 0.260. The molecule has 0 bridgehead atoms. The minimum absolute atomic E-state index is 0.000185. The summed E-state index contributed by atoms with van der Waals surface area (Å²) < 4.78 is 5.41. The van der Waals surface area contributed by atoms with Crippen LogP contribution in [0.1, 0.15) is 17.5 Å². The molecule has 7 heteroatoms. The van der Waals surface area contributed by atoms with E-state index in [2.05, 4.69) is 0 Å². The van der Waals surface area contributed by atoms with Gasteiger partial charge < -0.3 is 16.2 Å². The number of primary amides is 1. The Bertz CT molecular complexity index is 502. The van der Waals surface area contributed by atoms with Crippen LogP contribution in [0.3, 0.4) is 0 Å². The maximum atomic E-state index is 10.8. The zero-order valence-corrected chi connectivity index (χ0v) is 10.9. The number of nitrogens with zero attached hydrogens (tertiary/aromatic N) is 1. The van der Waals surface area contributed by atoms with E-state index in [1.54, 1.807) is 19.9 Å². The van der Waals surface area contributed by atoms with Gasteiger partial charge >= 0.3 is 0 Å². The summed E-state index contributed by atoms with van der Waals surface area (Å²) in [5.41, 5.74) is 11.8. The van der Waals surface area contributed by atoms with E-state index >= 15 is 0 Å². The monoisotopic (exact) mass is 267 g/mol. The Hall–Kier alpha value is -2.15. The van der Waals surface area contributed by atoms with E-state index in [4.69, 9.17) is 16.2 Å². The van der Waals surface area contributed by atoms with E-state index in [1.165, 1.54) is 6.07 Å². The molecule has 0 radical (unpaired) electrons. The topological polar surface area (TPSA) is 121 Å². The molecule has 7 nitrogen and oxygen atoms in total. The van der Waals surface area contributed by atoms with Crippen LogP contribution in [0, 0.1) is 24.0 Å². The lowest BCUT2D eigenvalue weighted by Crippen LogP contribution is -2.37. The summed E-state index contributed by atoms with van der Waals surface area (Å²) in [5.74, 6) is -0.191. The van der Waals surface area contributed by atoms with Gasteiger partial charge in [-0.15, -0.1) is 0 Å². The predicted octanol–water partition coefficient (Wildman–Crippen LogP) is 0.793. The molecule has 1 amide bonds. The smallest absolute Gasteiger partial charge is 0.276 e. The van der Waals surface area contributed by atoms with Gasteiger partial charge in [-0.05, 0) is 25.5 Å². The molecule has 1 unspecified atom stereocenters. The first kappa shape index (κ1) is 14.9. The number of hydrogen-bond donors (Lipinski definition) is 2. The van der Waals surface area contributed by atoms with E-state index in [1.807, 2.05) is 0 Å². The van der Waals surface area contributed by atoms with Crippen molar-refractivity contribution < 1.29 is 14.5 Å². The van der Waals surface area contributed by atoms with Crippen molar-refractivity contribution in [1.82, 2.24) is 0 Å². The summed E-state index contributed by atoms with van der Waals surface area (Å²) in [4.78, 5) is 21.1. The van der Waals surface area contributed by atoms with Crippen molar-refractivity contribution in [2.45, 2.75) is 26.3 Å². The van der Waals surface area contributed by atoms with Gasteiger partial charge in [0.25, 0.3) is 5.69 Å². The lowest BCUT2D eigenvalue weighted by molar-refractivity contribution is -0.385. The SMILES string of the molecule is Cc1cc(C)c([N+](=O)[O-])cc1OCCC(N)C(N)=O. The minimum atomic E-state index is -0.777. The molecule has 0 aliphatic heterocycles. The molecule has 1 aromatic rings. The molecule has 0 aliphatic rings. The number of carbonyl (C=O) groups excluding carboxylic acids is 1. The van der Waals surface area contributed by atoms with E-state index in [0.29, 0.717) is 11.3 Å². The van der Waals surface area contributed by atoms with Crippen LogP contribution in [0.15, 0.2) is 12.1 Å². The van der Waals surface area contributed by atoms with Gasteiger partial charge in [-0.2, -0.15) is 0 Å².